The SMILES string of the molecule is COc1ccc2c(c1)CC(c1ncc(C(=O)O)[nH]1)N2C(=O)C(C)N. The van der Waals surface area contributed by atoms with Crippen LogP contribution in [0, 0.1) is 0 Å². The number of rotatable bonds is 4. The van der Waals surface area contributed by atoms with Gasteiger partial charge in [-0.1, -0.05) is 0 Å². The average Bonchev–Trinajstić information content (AvgIpc) is 3.17. The molecule has 2 aromatic rings. The maximum Gasteiger partial charge on any atom is 0.353 e. The van der Waals surface area contributed by atoms with E-state index in [0.717, 1.165) is 11.3 Å². The maximum atomic E-state index is 12.6. The summed E-state index contributed by atoms with van der Waals surface area (Å²) in [5.41, 5.74) is 7.41. The van der Waals surface area contributed by atoms with E-state index in [1.807, 2.05) is 6.07 Å². The summed E-state index contributed by atoms with van der Waals surface area (Å²) in [6.07, 6.45) is 1.74. The van der Waals surface area contributed by atoms with Crippen molar-refractivity contribution >= 4 is 17.6 Å². The van der Waals surface area contributed by atoms with Gasteiger partial charge in [0.2, 0.25) is 5.91 Å². The van der Waals surface area contributed by atoms with E-state index in [0.29, 0.717) is 18.0 Å². The zero-order chi connectivity index (χ0) is 17.4. The molecule has 0 radical (unpaired) electrons. The van der Waals surface area contributed by atoms with Crippen molar-refractivity contribution in [2.45, 2.75) is 25.4 Å². The van der Waals surface area contributed by atoms with Crippen LogP contribution in [-0.4, -0.2) is 40.1 Å². The molecule has 126 valence electrons. The van der Waals surface area contributed by atoms with Gasteiger partial charge in [0.05, 0.1) is 25.4 Å². The van der Waals surface area contributed by atoms with Gasteiger partial charge in [-0.25, -0.2) is 9.78 Å². The molecule has 1 amide bonds. The third kappa shape index (κ3) is 2.61. The van der Waals surface area contributed by atoms with Gasteiger partial charge in [0.15, 0.2) is 0 Å². The summed E-state index contributed by atoms with van der Waals surface area (Å²) in [4.78, 5) is 32.1. The number of H-pyrrole nitrogens is 1. The van der Waals surface area contributed by atoms with Crippen LogP contribution in [0.4, 0.5) is 5.69 Å². The molecule has 8 heteroatoms. The number of hydrogen-bond acceptors (Lipinski definition) is 5. The molecule has 2 atom stereocenters. The highest BCUT2D eigenvalue weighted by molar-refractivity contribution is 5.99. The Morgan fingerprint density at radius 2 is 2.25 bits per heavy atom. The fourth-order valence-electron chi connectivity index (χ4n) is 2.88. The summed E-state index contributed by atoms with van der Waals surface area (Å²) in [7, 11) is 1.57. The van der Waals surface area contributed by atoms with Gasteiger partial charge in [0.25, 0.3) is 0 Å². The number of nitrogens with one attached hydrogen (secondary N) is 1. The number of fused-ring (bicyclic) bond motifs is 1. The normalized spacial score (nSPS) is 17.5. The Labute approximate surface area is 138 Å². The van der Waals surface area contributed by atoms with Crippen molar-refractivity contribution in [2.24, 2.45) is 5.73 Å². The second-order valence-electron chi connectivity index (χ2n) is 5.70. The Morgan fingerprint density at radius 1 is 1.50 bits per heavy atom. The molecule has 0 aliphatic carbocycles. The predicted octanol–water partition coefficient (Wildman–Crippen LogP) is 1.09. The monoisotopic (exact) mass is 330 g/mol. The summed E-state index contributed by atoms with van der Waals surface area (Å²) in [5.74, 6) is -0.252. The standard InChI is InChI=1S/C16H18N4O4/c1-8(17)15(21)20-12-4-3-10(24-2)5-9(12)6-13(20)14-18-7-11(19-14)16(22)23/h3-5,7-8,13H,6,17H2,1-2H3,(H,18,19)(H,22,23). The van der Waals surface area contributed by atoms with Crippen LogP contribution in [0.25, 0.3) is 0 Å². The second kappa shape index (κ2) is 5.97. The molecule has 24 heavy (non-hydrogen) atoms. The summed E-state index contributed by atoms with van der Waals surface area (Å²) in [6.45, 7) is 1.62. The molecule has 0 saturated heterocycles. The van der Waals surface area contributed by atoms with Crippen LogP contribution in [0.2, 0.25) is 0 Å². The van der Waals surface area contributed by atoms with Gasteiger partial charge in [-0.05, 0) is 30.7 Å². The molecular weight excluding hydrogens is 312 g/mol. The lowest BCUT2D eigenvalue weighted by Gasteiger charge is -2.26. The van der Waals surface area contributed by atoms with Crippen LogP contribution in [0.5, 0.6) is 5.75 Å². The zero-order valence-electron chi connectivity index (χ0n) is 13.3. The highest BCUT2D eigenvalue weighted by Gasteiger charge is 2.38. The topological polar surface area (TPSA) is 122 Å². The van der Waals surface area contributed by atoms with Crippen molar-refractivity contribution in [1.82, 2.24) is 9.97 Å². The number of carboxylic acids is 1. The highest BCUT2D eigenvalue weighted by Crippen LogP contribution is 2.41. The summed E-state index contributed by atoms with van der Waals surface area (Å²) in [5, 5.41) is 9.06. The van der Waals surface area contributed by atoms with Gasteiger partial charge in [-0.15, -0.1) is 0 Å². The van der Waals surface area contributed by atoms with Gasteiger partial charge in [-0.2, -0.15) is 0 Å². The first-order chi connectivity index (χ1) is 11.4. The molecule has 0 fully saturated rings. The van der Waals surface area contributed by atoms with E-state index in [-0.39, 0.29) is 11.6 Å². The number of carbonyl (C=O) groups excluding carboxylic acids is 1. The Hall–Kier alpha value is -2.87. The molecule has 2 unspecified atom stereocenters. The molecular formula is C16H18N4O4. The predicted molar refractivity (Wildman–Crippen MR) is 86.1 cm³/mol. The number of nitrogens with zero attached hydrogens (tertiary/aromatic N) is 2. The largest absolute Gasteiger partial charge is 0.497 e. The van der Waals surface area contributed by atoms with Gasteiger partial charge >= 0.3 is 5.97 Å². The quantitative estimate of drug-likeness (QED) is 0.771. The molecule has 0 saturated carbocycles. The fourth-order valence-corrected chi connectivity index (χ4v) is 2.88. The minimum Gasteiger partial charge on any atom is -0.497 e. The minimum absolute atomic E-state index is 0.0215. The number of methoxy groups -OCH3 is 1. The molecule has 1 aromatic heterocycles. The lowest BCUT2D eigenvalue weighted by atomic mass is 10.1. The van der Waals surface area contributed by atoms with Crippen LogP contribution in [0.1, 0.15) is 34.8 Å². The van der Waals surface area contributed by atoms with Gasteiger partial charge in [0, 0.05) is 12.1 Å². The number of anilines is 1. The van der Waals surface area contributed by atoms with E-state index in [2.05, 4.69) is 9.97 Å². The number of ether oxygens (including phenoxy) is 1. The van der Waals surface area contributed by atoms with Crippen molar-refractivity contribution < 1.29 is 19.4 Å². The Balaban J connectivity index is 2.04. The number of nitrogens with two attached hydrogens (primary N) is 1. The molecule has 1 aliphatic heterocycles. The highest BCUT2D eigenvalue weighted by atomic mass is 16.5. The Bertz CT molecular complexity index is 799. The summed E-state index contributed by atoms with van der Waals surface area (Å²) >= 11 is 0. The number of amides is 1. The van der Waals surface area contributed by atoms with Crippen molar-refractivity contribution in [3.05, 3.63) is 41.5 Å². The maximum absolute atomic E-state index is 12.6. The van der Waals surface area contributed by atoms with E-state index >= 15 is 0 Å². The minimum atomic E-state index is -1.10. The Morgan fingerprint density at radius 3 is 2.83 bits per heavy atom. The van der Waals surface area contributed by atoms with Crippen LogP contribution >= 0.6 is 0 Å². The lowest BCUT2D eigenvalue weighted by molar-refractivity contribution is -0.119. The van der Waals surface area contributed by atoms with Crippen LogP contribution < -0.4 is 15.4 Å². The third-order valence-electron chi connectivity index (χ3n) is 4.04. The van der Waals surface area contributed by atoms with Crippen molar-refractivity contribution in [1.29, 1.82) is 0 Å². The van der Waals surface area contributed by atoms with E-state index < -0.39 is 18.1 Å². The average molecular weight is 330 g/mol. The number of aromatic nitrogens is 2. The molecule has 2 heterocycles. The van der Waals surface area contributed by atoms with E-state index in [1.165, 1.54) is 6.20 Å². The van der Waals surface area contributed by atoms with E-state index in [4.69, 9.17) is 15.6 Å². The first-order valence-electron chi connectivity index (χ1n) is 7.46. The molecule has 1 aliphatic rings. The molecule has 8 nitrogen and oxygen atoms in total. The first kappa shape index (κ1) is 16.0. The second-order valence-corrected chi connectivity index (χ2v) is 5.70. The van der Waals surface area contributed by atoms with Crippen molar-refractivity contribution in [3.8, 4) is 5.75 Å². The number of aromatic carboxylic acids is 1. The molecule has 4 N–H and O–H groups in total. The summed E-state index contributed by atoms with van der Waals surface area (Å²) < 4.78 is 5.23. The van der Waals surface area contributed by atoms with Crippen LogP contribution in [0.3, 0.4) is 0 Å². The van der Waals surface area contributed by atoms with Gasteiger partial charge in [-0.3, -0.25) is 9.69 Å². The molecule has 0 spiro atoms. The number of imidazole rings is 1. The molecule has 3 rings (SSSR count). The zero-order valence-corrected chi connectivity index (χ0v) is 13.3. The smallest absolute Gasteiger partial charge is 0.353 e. The molecule has 0 bridgehead atoms. The molecule has 1 aromatic carbocycles. The lowest BCUT2D eigenvalue weighted by Crippen LogP contribution is -2.43. The van der Waals surface area contributed by atoms with E-state index in [9.17, 15) is 9.59 Å². The number of aromatic amines is 1. The Kier molecular flexibility index (Phi) is 3.98. The van der Waals surface area contributed by atoms with E-state index in [1.54, 1.807) is 31.1 Å². The van der Waals surface area contributed by atoms with Crippen molar-refractivity contribution in [2.75, 3.05) is 12.0 Å². The fraction of sp³-hybridized carbons (Fsp3) is 0.312. The number of carbonyl (C=O) groups is 2. The van der Waals surface area contributed by atoms with Crippen molar-refractivity contribution in [3.63, 3.8) is 0 Å². The summed E-state index contributed by atoms with van der Waals surface area (Å²) in [6, 6.07) is 4.31. The number of carboxylic acid groups (broad SMARTS) is 1. The number of hydrogen-bond donors (Lipinski definition) is 3. The number of benzene rings is 1. The van der Waals surface area contributed by atoms with Gasteiger partial charge in [0.1, 0.15) is 17.3 Å². The van der Waals surface area contributed by atoms with Gasteiger partial charge < -0.3 is 20.6 Å². The first-order valence-corrected chi connectivity index (χ1v) is 7.46. The van der Waals surface area contributed by atoms with Crippen LogP contribution in [-0.2, 0) is 11.2 Å². The third-order valence-corrected chi connectivity index (χ3v) is 4.04. The van der Waals surface area contributed by atoms with Crippen LogP contribution in [0.15, 0.2) is 24.4 Å².